The molecular formula is C11H16BrN3. The summed E-state index contributed by atoms with van der Waals surface area (Å²) in [5.41, 5.74) is 1.21. The summed E-state index contributed by atoms with van der Waals surface area (Å²) in [6.45, 7) is 1.12. The molecule has 82 valence electrons. The minimum Gasteiger partial charge on any atom is -0.355 e. The molecule has 1 aliphatic rings. The fraction of sp³-hybridized carbons (Fsp3) is 0.545. The first-order valence-electron chi connectivity index (χ1n) is 5.37. The first kappa shape index (κ1) is 10.9. The molecule has 1 fully saturated rings. The molecule has 15 heavy (non-hydrogen) atoms. The number of nitrogens with one attached hydrogen (secondary N) is 1. The average Bonchev–Trinajstić information content (AvgIpc) is 2.30. The molecule has 0 aromatic carbocycles. The molecule has 4 heteroatoms. The Morgan fingerprint density at radius 2 is 2.33 bits per heavy atom. The molecule has 2 rings (SSSR count). The van der Waals surface area contributed by atoms with Crippen molar-refractivity contribution >= 4 is 21.6 Å². The van der Waals surface area contributed by atoms with E-state index in [0.29, 0.717) is 6.17 Å². The van der Waals surface area contributed by atoms with Crippen molar-refractivity contribution < 1.29 is 0 Å². The molecule has 1 unspecified atom stereocenters. The predicted octanol–water partition coefficient (Wildman–Crippen LogP) is 2.38. The minimum absolute atomic E-state index is 0.460. The molecule has 3 nitrogen and oxygen atoms in total. The van der Waals surface area contributed by atoms with Gasteiger partial charge >= 0.3 is 0 Å². The van der Waals surface area contributed by atoms with Crippen LogP contribution < -0.4 is 10.2 Å². The molecule has 0 bridgehead atoms. The molecule has 1 aromatic heterocycles. The van der Waals surface area contributed by atoms with Crippen LogP contribution in [0.15, 0.2) is 22.9 Å². The Bertz CT molecular complexity index is 312. The number of anilines is 1. The quantitative estimate of drug-likeness (QED) is 0.836. The number of piperidine rings is 1. The van der Waals surface area contributed by atoms with Crippen LogP contribution >= 0.6 is 15.9 Å². The van der Waals surface area contributed by atoms with Crippen molar-refractivity contribution in [2.75, 3.05) is 18.5 Å². The van der Waals surface area contributed by atoms with E-state index in [4.69, 9.17) is 0 Å². The lowest BCUT2D eigenvalue weighted by Crippen LogP contribution is -2.47. The largest absolute Gasteiger partial charge is 0.355 e. The lowest BCUT2D eigenvalue weighted by Gasteiger charge is -2.37. The molecule has 1 atom stereocenters. The standard InChI is InChI=1S/C11H16BrN3/c1-13-11-4-2-3-7-15(11)9-5-6-10(12)14-8-9/h5-6,8,11,13H,2-4,7H2,1H3. The van der Waals surface area contributed by atoms with E-state index in [1.165, 1.54) is 24.9 Å². The van der Waals surface area contributed by atoms with Crippen molar-refractivity contribution in [2.45, 2.75) is 25.4 Å². The maximum absolute atomic E-state index is 4.27. The fourth-order valence-electron chi connectivity index (χ4n) is 2.08. The Morgan fingerprint density at radius 1 is 1.47 bits per heavy atom. The van der Waals surface area contributed by atoms with E-state index in [2.05, 4.69) is 37.2 Å². The summed E-state index contributed by atoms with van der Waals surface area (Å²) < 4.78 is 0.893. The van der Waals surface area contributed by atoms with Crippen molar-refractivity contribution in [3.05, 3.63) is 22.9 Å². The third-order valence-corrected chi connectivity index (χ3v) is 3.35. The van der Waals surface area contributed by atoms with Crippen LogP contribution in [-0.4, -0.2) is 24.7 Å². The summed E-state index contributed by atoms with van der Waals surface area (Å²) in [6.07, 6.45) is 6.19. The molecule has 0 amide bonds. The maximum Gasteiger partial charge on any atom is 0.106 e. The molecule has 1 saturated heterocycles. The van der Waals surface area contributed by atoms with Gasteiger partial charge in [0.1, 0.15) is 4.60 Å². The zero-order valence-corrected chi connectivity index (χ0v) is 10.5. The van der Waals surface area contributed by atoms with Gasteiger partial charge in [-0.25, -0.2) is 4.98 Å². The molecule has 2 heterocycles. The highest BCUT2D eigenvalue weighted by atomic mass is 79.9. The Kier molecular flexibility index (Phi) is 3.59. The van der Waals surface area contributed by atoms with Crippen LogP contribution in [0.25, 0.3) is 0 Å². The van der Waals surface area contributed by atoms with Crippen LogP contribution in [0.1, 0.15) is 19.3 Å². The topological polar surface area (TPSA) is 28.2 Å². The predicted molar refractivity (Wildman–Crippen MR) is 66.0 cm³/mol. The van der Waals surface area contributed by atoms with Gasteiger partial charge in [-0.05, 0) is 54.4 Å². The van der Waals surface area contributed by atoms with E-state index in [-0.39, 0.29) is 0 Å². The highest BCUT2D eigenvalue weighted by molar-refractivity contribution is 9.10. The molecule has 1 N–H and O–H groups in total. The van der Waals surface area contributed by atoms with Gasteiger partial charge < -0.3 is 10.2 Å². The van der Waals surface area contributed by atoms with Gasteiger partial charge in [-0.2, -0.15) is 0 Å². The van der Waals surface area contributed by atoms with Crippen LogP contribution in [0.4, 0.5) is 5.69 Å². The molecule has 0 saturated carbocycles. The second kappa shape index (κ2) is 4.94. The number of pyridine rings is 1. The summed E-state index contributed by atoms with van der Waals surface area (Å²) >= 11 is 3.36. The van der Waals surface area contributed by atoms with Gasteiger partial charge in [0.25, 0.3) is 0 Å². The number of aromatic nitrogens is 1. The molecule has 0 spiro atoms. The molecule has 1 aromatic rings. The van der Waals surface area contributed by atoms with Gasteiger partial charge in [-0.15, -0.1) is 0 Å². The zero-order valence-electron chi connectivity index (χ0n) is 8.91. The lowest BCUT2D eigenvalue weighted by atomic mass is 10.1. The van der Waals surface area contributed by atoms with Crippen molar-refractivity contribution in [3.8, 4) is 0 Å². The van der Waals surface area contributed by atoms with Crippen LogP contribution in [-0.2, 0) is 0 Å². The normalized spacial score (nSPS) is 21.7. The van der Waals surface area contributed by atoms with Crippen LogP contribution in [0, 0.1) is 0 Å². The van der Waals surface area contributed by atoms with Gasteiger partial charge in [0, 0.05) is 6.54 Å². The molecule has 0 aliphatic carbocycles. The third-order valence-electron chi connectivity index (χ3n) is 2.88. The van der Waals surface area contributed by atoms with Gasteiger partial charge in [-0.3, -0.25) is 0 Å². The average molecular weight is 270 g/mol. The first-order valence-corrected chi connectivity index (χ1v) is 6.16. The summed E-state index contributed by atoms with van der Waals surface area (Å²) in [4.78, 5) is 6.66. The number of hydrogen-bond acceptors (Lipinski definition) is 3. The van der Waals surface area contributed by atoms with Crippen molar-refractivity contribution in [2.24, 2.45) is 0 Å². The Morgan fingerprint density at radius 3 is 3.00 bits per heavy atom. The van der Waals surface area contributed by atoms with E-state index < -0.39 is 0 Å². The lowest BCUT2D eigenvalue weighted by molar-refractivity contribution is 0.418. The highest BCUT2D eigenvalue weighted by Crippen LogP contribution is 2.23. The van der Waals surface area contributed by atoms with E-state index >= 15 is 0 Å². The smallest absolute Gasteiger partial charge is 0.106 e. The molecular weight excluding hydrogens is 254 g/mol. The van der Waals surface area contributed by atoms with E-state index in [0.717, 1.165) is 11.1 Å². The zero-order chi connectivity index (χ0) is 10.7. The summed E-state index contributed by atoms with van der Waals surface area (Å²) in [5.74, 6) is 0. The van der Waals surface area contributed by atoms with Gasteiger partial charge in [0.2, 0.25) is 0 Å². The molecule has 1 aliphatic heterocycles. The Labute approximate surface area is 99.0 Å². The monoisotopic (exact) mass is 269 g/mol. The SMILES string of the molecule is CNC1CCCCN1c1ccc(Br)nc1. The number of nitrogens with zero attached hydrogens (tertiary/aromatic N) is 2. The van der Waals surface area contributed by atoms with Crippen molar-refractivity contribution in [3.63, 3.8) is 0 Å². The van der Waals surface area contributed by atoms with E-state index in [9.17, 15) is 0 Å². The molecule has 0 radical (unpaired) electrons. The van der Waals surface area contributed by atoms with Crippen LogP contribution in [0.2, 0.25) is 0 Å². The minimum atomic E-state index is 0.460. The number of rotatable bonds is 2. The second-order valence-electron chi connectivity index (χ2n) is 3.83. The van der Waals surface area contributed by atoms with Crippen molar-refractivity contribution in [1.82, 2.24) is 10.3 Å². The highest BCUT2D eigenvalue weighted by Gasteiger charge is 2.20. The van der Waals surface area contributed by atoms with Crippen LogP contribution in [0.5, 0.6) is 0 Å². The third kappa shape index (κ3) is 2.49. The van der Waals surface area contributed by atoms with Gasteiger partial charge in [-0.1, -0.05) is 0 Å². The fourth-order valence-corrected chi connectivity index (χ4v) is 2.31. The van der Waals surface area contributed by atoms with Gasteiger partial charge in [0.05, 0.1) is 18.1 Å². The van der Waals surface area contributed by atoms with E-state index in [1.807, 2.05) is 19.3 Å². The Balaban J connectivity index is 2.16. The number of halogens is 1. The summed E-state index contributed by atoms with van der Waals surface area (Å²) in [6, 6.07) is 4.11. The van der Waals surface area contributed by atoms with Crippen molar-refractivity contribution in [1.29, 1.82) is 0 Å². The second-order valence-corrected chi connectivity index (χ2v) is 4.65. The van der Waals surface area contributed by atoms with E-state index in [1.54, 1.807) is 0 Å². The summed E-state index contributed by atoms with van der Waals surface area (Å²) in [7, 11) is 2.02. The summed E-state index contributed by atoms with van der Waals surface area (Å²) in [5, 5.41) is 3.35. The Hall–Kier alpha value is -0.610. The number of hydrogen-bond donors (Lipinski definition) is 1. The maximum atomic E-state index is 4.27. The first-order chi connectivity index (χ1) is 7.31. The van der Waals surface area contributed by atoms with Crippen LogP contribution in [0.3, 0.4) is 0 Å². The van der Waals surface area contributed by atoms with Gasteiger partial charge in [0.15, 0.2) is 0 Å².